The van der Waals surface area contributed by atoms with E-state index in [0.29, 0.717) is 5.95 Å². The van der Waals surface area contributed by atoms with E-state index in [0.717, 1.165) is 19.2 Å². The van der Waals surface area contributed by atoms with Crippen LogP contribution in [0.15, 0.2) is 6.20 Å². The number of aromatic nitrogens is 2. The molecule has 1 heterocycles. The van der Waals surface area contributed by atoms with Crippen LogP contribution in [0.2, 0.25) is 0 Å². The first kappa shape index (κ1) is 11.2. The van der Waals surface area contributed by atoms with Crippen molar-refractivity contribution in [1.29, 1.82) is 0 Å². The van der Waals surface area contributed by atoms with E-state index in [1.165, 1.54) is 0 Å². The number of ether oxygens (including phenoxy) is 1. The molecular weight excluding hydrogens is 197 g/mol. The molecule has 0 atom stereocenters. The van der Waals surface area contributed by atoms with Crippen LogP contribution in [0.4, 0.5) is 10.3 Å². The fraction of sp³-hybridized carbons (Fsp3) is 0.400. The predicted octanol–water partition coefficient (Wildman–Crippen LogP) is 1.45. The van der Waals surface area contributed by atoms with Crippen molar-refractivity contribution >= 4 is 5.95 Å². The zero-order valence-corrected chi connectivity index (χ0v) is 8.46. The van der Waals surface area contributed by atoms with Gasteiger partial charge in [-0.15, -0.1) is 6.42 Å². The average Bonchev–Trinajstić information content (AvgIpc) is 2.26. The second-order valence-corrected chi connectivity index (χ2v) is 2.77. The van der Waals surface area contributed by atoms with Gasteiger partial charge >= 0.3 is 0 Å². The number of hydrogen-bond acceptors (Lipinski definition) is 4. The fourth-order valence-electron chi connectivity index (χ4n) is 0.885. The number of nitrogens with zero attached hydrogens (tertiary/aromatic N) is 2. The first-order valence-electron chi connectivity index (χ1n) is 4.60. The number of rotatable bonds is 5. The molecule has 1 aromatic heterocycles. The molecule has 4 nitrogen and oxygen atoms in total. The molecular formula is C10H12FN3O. The van der Waals surface area contributed by atoms with Gasteiger partial charge in [-0.3, -0.25) is 0 Å². The van der Waals surface area contributed by atoms with Gasteiger partial charge in [-0.05, 0) is 6.42 Å². The van der Waals surface area contributed by atoms with Crippen LogP contribution in [0.3, 0.4) is 0 Å². The van der Waals surface area contributed by atoms with Crippen molar-refractivity contribution in [2.75, 3.05) is 18.5 Å². The molecule has 1 rings (SSSR count). The van der Waals surface area contributed by atoms with Crippen molar-refractivity contribution in [3.63, 3.8) is 0 Å². The van der Waals surface area contributed by atoms with Crippen molar-refractivity contribution < 1.29 is 9.13 Å². The van der Waals surface area contributed by atoms with E-state index < -0.39 is 5.82 Å². The summed E-state index contributed by atoms with van der Waals surface area (Å²) in [5.74, 6) is 1.83. The van der Waals surface area contributed by atoms with Crippen molar-refractivity contribution in [2.45, 2.75) is 13.3 Å². The minimum absolute atomic E-state index is 0.0127. The van der Waals surface area contributed by atoms with Crippen LogP contribution >= 0.6 is 0 Å². The molecule has 1 N–H and O–H groups in total. The number of nitrogens with one attached hydrogen (secondary N) is 1. The minimum Gasteiger partial charge on any atom is -0.462 e. The molecule has 15 heavy (non-hydrogen) atoms. The Morgan fingerprint density at radius 1 is 1.67 bits per heavy atom. The Labute approximate surface area is 87.9 Å². The second-order valence-electron chi connectivity index (χ2n) is 2.77. The molecule has 80 valence electrons. The molecule has 0 radical (unpaired) electrons. The maximum atomic E-state index is 13.1. The highest BCUT2D eigenvalue weighted by molar-refractivity contribution is 5.28. The van der Waals surface area contributed by atoms with Crippen LogP contribution < -0.4 is 10.1 Å². The number of hydrogen-bond donors (Lipinski definition) is 1. The molecule has 0 aliphatic carbocycles. The topological polar surface area (TPSA) is 47.0 Å². The summed E-state index contributed by atoms with van der Waals surface area (Å²) in [6, 6.07) is 0. The highest BCUT2D eigenvalue weighted by Gasteiger charge is 2.06. The van der Waals surface area contributed by atoms with Crippen LogP contribution in [0.1, 0.15) is 13.3 Å². The van der Waals surface area contributed by atoms with Gasteiger partial charge in [0.05, 0.1) is 6.20 Å². The predicted molar refractivity (Wildman–Crippen MR) is 55.1 cm³/mol. The second kappa shape index (κ2) is 5.81. The standard InChI is InChI=1S/C10H12FN3O/c1-3-5-12-10-13-7-8(11)9(14-10)15-6-4-2/h2,7H,3,5-6H2,1H3,(H,12,13,14). The third-order valence-corrected chi connectivity index (χ3v) is 1.54. The van der Waals surface area contributed by atoms with Crippen LogP contribution in [0.5, 0.6) is 5.88 Å². The zero-order chi connectivity index (χ0) is 11.1. The van der Waals surface area contributed by atoms with Gasteiger partial charge in [-0.25, -0.2) is 4.98 Å². The molecule has 0 fully saturated rings. The maximum absolute atomic E-state index is 13.1. The first-order chi connectivity index (χ1) is 7.27. The van der Waals surface area contributed by atoms with Crippen LogP contribution in [-0.4, -0.2) is 23.1 Å². The van der Waals surface area contributed by atoms with Gasteiger partial charge in [0.15, 0.2) is 6.61 Å². The van der Waals surface area contributed by atoms with E-state index in [2.05, 4.69) is 21.2 Å². The lowest BCUT2D eigenvalue weighted by molar-refractivity contribution is 0.331. The summed E-state index contributed by atoms with van der Waals surface area (Å²) in [5, 5.41) is 2.92. The van der Waals surface area contributed by atoms with E-state index in [1.807, 2.05) is 6.92 Å². The molecule has 0 saturated carbocycles. The molecule has 0 aliphatic rings. The smallest absolute Gasteiger partial charge is 0.256 e. The van der Waals surface area contributed by atoms with Crippen molar-refractivity contribution in [3.8, 4) is 18.2 Å². The maximum Gasteiger partial charge on any atom is 0.256 e. The third kappa shape index (κ3) is 3.43. The van der Waals surface area contributed by atoms with Crippen LogP contribution in [0.25, 0.3) is 0 Å². The summed E-state index contributed by atoms with van der Waals surface area (Å²) in [5.41, 5.74) is 0. The Hall–Kier alpha value is -1.83. The van der Waals surface area contributed by atoms with E-state index in [4.69, 9.17) is 11.2 Å². The summed E-state index contributed by atoms with van der Waals surface area (Å²) in [6.45, 7) is 2.72. The van der Waals surface area contributed by atoms with Gasteiger partial charge in [-0.1, -0.05) is 12.8 Å². The summed E-state index contributed by atoms with van der Waals surface area (Å²) < 4.78 is 18.0. The van der Waals surface area contributed by atoms with Crippen molar-refractivity contribution in [1.82, 2.24) is 9.97 Å². The van der Waals surface area contributed by atoms with Crippen LogP contribution in [0, 0.1) is 18.2 Å². The molecule has 5 heteroatoms. The van der Waals surface area contributed by atoms with Crippen molar-refractivity contribution in [3.05, 3.63) is 12.0 Å². The average molecular weight is 209 g/mol. The zero-order valence-electron chi connectivity index (χ0n) is 8.46. The monoisotopic (exact) mass is 209 g/mol. The normalized spacial score (nSPS) is 9.40. The lowest BCUT2D eigenvalue weighted by Gasteiger charge is -2.05. The van der Waals surface area contributed by atoms with E-state index in [9.17, 15) is 4.39 Å². The molecule has 0 amide bonds. The molecule has 0 unspecified atom stereocenters. The quantitative estimate of drug-likeness (QED) is 0.745. The van der Waals surface area contributed by atoms with Gasteiger partial charge in [0.25, 0.3) is 5.88 Å². The summed E-state index contributed by atoms with van der Waals surface area (Å²) in [7, 11) is 0. The molecule has 0 saturated heterocycles. The van der Waals surface area contributed by atoms with Crippen molar-refractivity contribution in [2.24, 2.45) is 0 Å². The Morgan fingerprint density at radius 2 is 2.47 bits per heavy atom. The molecule has 0 aliphatic heterocycles. The van der Waals surface area contributed by atoms with E-state index >= 15 is 0 Å². The summed E-state index contributed by atoms with van der Waals surface area (Å²) in [6.07, 6.45) is 6.97. The Kier molecular flexibility index (Phi) is 4.35. The molecule has 1 aromatic rings. The molecule has 0 spiro atoms. The third-order valence-electron chi connectivity index (χ3n) is 1.54. The van der Waals surface area contributed by atoms with Gasteiger partial charge < -0.3 is 10.1 Å². The molecule has 0 aromatic carbocycles. The first-order valence-corrected chi connectivity index (χ1v) is 4.60. The van der Waals surface area contributed by atoms with Gasteiger partial charge in [0.1, 0.15) is 0 Å². The number of terminal acetylenes is 1. The highest BCUT2D eigenvalue weighted by Crippen LogP contribution is 2.13. The number of halogens is 1. The highest BCUT2D eigenvalue weighted by atomic mass is 19.1. The Morgan fingerprint density at radius 3 is 3.13 bits per heavy atom. The van der Waals surface area contributed by atoms with E-state index in [1.54, 1.807) is 0 Å². The fourth-order valence-corrected chi connectivity index (χ4v) is 0.885. The Balaban J connectivity index is 2.72. The van der Waals surface area contributed by atoms with Crippen LogP contribution in [-0.2, 0) is 0 Å². The summed E-state index contributed by atoms with van der Waals surface area (Å²) >= 11 is 0. The largest absolute Gasteiger partial charge is 0.462 e. The Bertz CT molecular complexity index is 362. The summed E-state index contributed by atoms with van der Waals surface area (Å²) in [4.78, 5) is 7.59. The van der Waals surface area contributed by atoms with Gasteiger partial charge in [-0.2, -0.15) is 9.37 Å². The molecule has 0 bridgehead atoms. The number of anilines is 1. The van der Waals surface area contributed by atoms with Gasteiger partial charge in [0, 0.05) is 6.54 Å². The lowest BCUT2D eigenvalue weighted by Crippen LogP contribution is -2.07. The van der Waals surface area contributed by atoms with E-state index in [-0.39, 0.29) is 12.5 Å². The van der Waals surface area contributed by atoms with Gasteiger partial charge in [0.2, 0.25) is 11.8 Å². The SMILES string of the molecule is C#CCOc1nc(NCCC)ncc1F. The minimum atomic E-state index is -0.618. The lowest BCUT2D eigenvalue weighted by atomic mass is 10.5.